The van der Waals surface area contributed by atoms with E-state index in [1.54, 1.807) is 11.3 Å². The van der Waals surface area contributed by atoms with Gasteiger partial charge < -0.3 is 4.57 Å². The van der Waals surface area contributed by atoms with Gasteiger partial charge in [-0.2, -0.15) is 0 Å². The first-order valence-electron chi connectivity index (χ1n) is 7.63. The molecule has 0 saturated carbocycles. The summed E-state index contributed by atoms with van der Waals surface area (Å²) < 4.78 is 2.43. The fraction of sp³-hybridized carbons (Fsp3) is 0.263. The van der Waals surface area contributed by atoms with Crippen LogP contribution in [0.3, 0.4) is 0 Å². The van der Waals surface area contributed by atoms with E-state index < -0.39 is 0 Å². The van der Waals surface area contributed by atoms with Crippen LogP contribution < -0.4 is 0 Å². The van der Waals surface area contributed by atoms with Crippen LogP contribution in [0.25, 0.3) is 10.9 Å². The van der Waals surface area contributed by atoms with Gasteiger partial charge in [0.15, 0.2) is 0 Å². The molecule has 2 aliphatic rings. The highest BCUT2D eigenvalue weighted by Crippen LogP contribution is 2.54. The molecule has 0 saturated heterocycles. The molecule has 3 atom stereocenters. The molecule has 2 bridgehead atoms. The van der Waals surface area contributed by atoms with E-state index in [0.717, 1.165) is 0 Å². The summed E-state index contributed by atoms with van der Waals surface area (Å²) in [6, 6.07) is 13.4. The number of nitrogens with zero attached hydrogens (tertiary/aromatic N) is 1. The van der Waals surface area contributed by atoms with Gasteiger partial charge in [0.1, 0.15) is 0 Å². The Hall–Kier alpha value is -1.80. The molecular weight excluding hydrogens is 274 g/mol. The molecule has 0 unspecified atom stereocenters. The third-order valence-corrected chi connectivity index (χ3v) is 6.21. The van der Waals surface area contributed by atoms with E-state index in [9.17, 15) is 0 Å². The summed E-state index contributed by atoms with van der Waals surface area (Å²) in [5, 5.41) is 3.66. The normalized spacial score (nSPS) is 26.4. The first-order valence-corrected chi connectivity index (χ1v) is 8.51. The number of rotatable bonds is 1. The largest absolute Gasteiger partial charge is 0.347 e. The van der Waals surface area contributed by atoms with Crippen LogP contribution in [0.1, 0.15) is 34.4 Å². The minimum Gasteiger partial charge on any atom is -0.347 e. The van der Waals surface area contributed by atoms with Gasteiger partial charge in [0.25, 0.3) is 0 Å². The SMILES string of the molecule is Cn1c2c(c3ccccc31)[C@@H](c1cccs1)[C@@H]1C=C[C@H]2C1. The Labute approximate surface area is 128 Å². The summed E-state index contributed by atoms with van der Waals surface area (Å²) in [4.78, 5) is 1.52. The van der Waals surface area contributed by atoms with Crippen LogP contribution in [0.4, 0.5) is 0 Å². The molecule has 0 N–H and O–H groups in total. The highest BCUT2D eigenvalue weighted by Gasteiger charge is 2.40. The monoisotopic (exact) mass is 291 g/mol. The maximum atomic E-state index is 2.46. The molecule has 1 aromatic carbocycles. The lowest BCUT2D eigenvalue weighted by Crippen LogP contribution is -2.19. The van der Waals surface area contributed by atoms with Crippen molar-refractivity contribution in [2.24, 2.45) is 13.0 Å². The predicted molar refractivity (Wildman–Crippen MR) is 89.1 cm³/mol. The summed E-state index contributed by atoms with van der Waals surface area (Å²) in [6.07, 6.45) is 6.18. The standard InChI is InChI=1S/C19H17NS/c1-20-15-6-3-2-5-14(15)18-17(16-7-4-10-21-16)12-8-9-13(11-12)19(18)20/h2-10,12-13,17H,11H2,1H3/t12-,13+,17-/m1/s1. The second-order valence-electron chi connectivity index (χ2n) is 6.26. The second-order valence-corrected chi connectivity index (χ2v) is 7.24. The molecule has 2 aliphatic carbocycles. The Morgan fingerprint density at radius 1 is 1.10 bits per heavy atom. The van der Waals surface area contributed by atoms with Gasteiger partial charge in [-0.15, -0.1) is 11.3 Å². The molecular formula is C19H17NS. The highest BCUT2D eigenvalue weighted by molar-refractivity contribution is 7.10. The second kappa shape index (κ2) is 4.11. The smallest absolute Gasteiger partial charge is 0.0483 e. The van der Waals surface area contributed by atoms with Crippen LogP contribution in [0.2, 0.25) is 0 Å². The van der Waals surface area contributed by atoms with E-state index in [-0.39, 0.29) is 0 Å². The average molecular weight is 291 g/mol. The van der Waals surface area contributed by atoms with Crippen LogP contribution in [0.5, 0.6) is 0 Å². The average Bonchev–Trinajstić information content (AvgIpc) is 3.22. The molecule has 0 radical (unpaired) electrons. The number of aromatic nitrogens is 1. The highest BCUT2D eigenvalue weighted by atomic mass is 32.1. The van der Waals surface area contributed by atoms with Crippen molar-refractivity contribution in [3.05, 3.63) is 70.1 Å². The van der Waals surface area contributed by atoms with Crippen molar-refractivity contribution in [2.75, 3.05) is 0 Å². The van der Waals surface area contributed by atoms with Gasteiger partial charge in [-0.3, -0.25) is 0 Å². The number of thiophene rings is 1. The van der Waals surface area contributed by atoms with Crippen LogP contribution in [-0.4, -0.2) is 4.57 Å². The predicted octanol–water partition coefficient (Wildman–Crippen LogP) is 5.05. The molecule has 1 nitrogen and oxygen atoms in total. The Morgan fingerprint density at radius 2 is 2.00 bits per heavy atom. The third kappa shape index (κ3) is 1.46. The molecule has 2 heterocycles. The number of fused-ring (bicyclic) bond motifs is 6. The van der Waals surface area contributed by atoms with Crippen molar-refractivity contribution in [1.82, 2.24) is 4.57 Å². The van der Waals surface area contributed by atoms with Gasteiger partial charge in [0.05, 0.1) is 0 Å². The maximum Gasteiger partial charge on any atom is 0.0483 e. The molecule has 21 heavy (non-hydrogen) atoms. The van der Waals surface area contributed by atoms with Gasteiger partial charge in [-0.25, -0.2) is 0 Å². The van der Waals surface area contributed by atoms with E-state index in [4.69, 9.17) is 0 Å². The molecule has 5 rings (SSSR count). The number of hydrogen-bond acceptors (Lipinski definition) is 1. The fourth-order valence-electron chi connectivity index (χ4n) is 4.43. The van der Waals surface area contributed by atoms with Crippen molar-refractivity contribution in [2.45, 2.75) is 18.3 Å². The topological polar surface area (TPSA) is 4.93 Å². The molecule has 3 aromatic rings. The number of para-hydroxylation sites is 1. The van der Waals surface area contributed by atoms with Crippen molar-refractivity contribution in [1.29, 1.82) is 0 Å². The minimum atomic E-state index is 0.543. The lowest BCUT2D eigenvalue weighted by molar-refractivity contribution is 0.491. The first kappa shape index (κ1) is 11.8. The van der Waals surface area contributed by atoms with Gasteiger partial charge in [-0.05, 0) is 35.4 Å². The van der Waals surface area contributed by atoms with Crippen molar-refractivity contribution < 1.29 is 0 Å². The Bertz CT molecular complexity index is 853. The van der Waals surface area contributed by atoms with Gasteiger partial charge in [0, 0.05) is 40.4 Å². The van der Waals surface area contributed by atoms with E-state index in [1.165, 1.54) is 22.2 Å². The summed E-state index contributed by atoms with van der Waals surface area (Å²) in [7, 11) is 2.24. The number of hydrogen-bond donors (Lipinski definition) is 0. The molecule has 2 heteroatoms. The molecule has 2 aromatic heterocycles. The van der Waals surface area contributed by atoms with E-state index in [0.29, 0.717) is 17.8 Å². The third-order valence-electron chi connectivity index (χ3n) is 5.25. The van der Waals surface area contributed by atoms with Crippen LogP contribution >= 0.6 is 11.3 Å². The Balaban J connectivity index is 1.89. The van der Waals surface area contributed by atoms with E-state index in [1.807, 2.05) is 11.3 Å². The Morgan fingerprint density at radius 3 is 2.86 bits per heavy atom. The summed E-state index contributed by atoms with van der Waals surface area (Å²) in [5.74, 6) is 1.83. The van der Waals surface area contributed by atoms with Crippen molar-refractivity contribution in [3.8, 4) is 0 Å². The van der Waals surface area contributed by atoms with Gasteiger partial charge in [0.2, 0.25) is 0 Å². The molecule has 0 fully saturated rings. The zero-order chi connectivity index (χ0) is 14.0. The summed E-state index contributed by atoms with van der Waals surface area (Å²) in [5.41, 5.74) is 4.51. The molecule has 0 aliphatic heterocycles. The number of aryl methyl sites for hydroxylation is 1. The molecule has 0 spiro atoms. The van der Waals surface area contributed by atoms with Crippen LogP contribution in [0.15, 0.2) is 53.9 Å². The van der Waals surface area contributed by atoms with Crippen LogP contribution in [-0.2, 0) is 7.05 Å². The number of benzene rings is 1. The van der Waals surface area contributed by atoms with E-state index in [2.05, 4.69) is 65.5 Å². The first-order chi connectivity index (χ1) is 10.3. The summed E-state index contributed by atoms with van der Waals surface area (Å²) >= 11 is 1.91. The minimum absolute atomic E-state index is 0.543. The maximum absolute atomic E-state index is 2.46. The zero-order valence-corrected chi connectivity index (χ0v) is 12.8. The fourth-order valence-corrected chi connectivity index (χ4v) is 5.34. The van der Waals surface area contributed by atoms with Gasteiger partial charge in [-0.1, -0.05) is 36.4 Å². The summed E-state index contributed by atoms with van der Waals surface area (Å²) in [6.45, 7) is 0. The Kier molecular flexibility index (Phi) is 2.31. The van der Waals surface area contributed by atoms with E-state index >= 15 is 0 Å². The van der Waals surface area contributed by atoms with Gasteiger partial charge >= 0.3 is 0 Å². The zero-order valence-electron chi connectivity index (χ0n) is 12.0. The molecule has 104 valence electrons. The number of allylic oxidation sites excluding steroid dienone is 2. The quantitative estimate of drug-likeness (QED) is 0.553. The van der Waals surface area contributed by atoms with Crippen molar-refractivity contribution >= 4 is 22.2 Å². The van der Waals surface area contributed by atoms with Crippen LogP contribution in [0, 0.1) is 5.92 Å². The molecule has 0 amide bonds. The lowest BCUT2D eigenvalue weighted by atomic mass is 9.76. The lowest BCUT2D eigenvalue weighted by Gasteiger charge is -2.30. The van der Waals surface area contributed by atoms with Crippen molar-refractivity contribution in [3.63, 3.8) is 0 Å².